The van der Waals surface area contributed by atoms with Crippen molar-refractivity contribution in [3.63, 3.8) is 0 Å². The van der Waals surface area contributed by atoms with Crippen molar-refractivity contribution < 1.29 is 4.92 Å². The fraction of sp³-hybridized carbons (Fsp3) is 0.182. The Bertz CT molecular complexity index is 406. The summed E-state index contributed by atoms with van der Waals surface area (Å²) in [6, 6.07) is 10.8. The van der Waals surface area contributed by atoms with Gasteiger partial charge in [0, 0.05) is 10.5 Å². The molecule has 76 valence electrons. The molecule has 1 rings (SSSR count). The molecule has 0 spiro atoms. The molecule has 0 bridgehead atoms. The van der Waals surface area contributed by atoms with Crippen LogP contribution in [0, 0.1) is 21.4 Å². The van der Waals surface area contributed by atoms with Crippen LogP contribution < -0.4 is 0 Å². The Morgan fingerprint density at radius 3 is 2.60 bits per heavy atom. The molecule has 0 saturated carbocycles. The van der Waals surface area contributed by atoms with Crippen LogP contribution in [0.4, 0.5) is 0 Å². The molecule has 0 radical (unpaired) electrons. The summed E-state index contributed by atoms with van der Waals surface area (Å²) in [5.41, 5.74) is 0.971. The Labute approximate surface area is 87.6 Å². The van der Waals surface area contributed by atoms with Crippen molar-refractivity contribution in [2.75, 3.05) is 6.54 Å². The van der Waals surface area contributed by atoms with Gasteiger partial charge in [0.05, 0.1) is 12.0 Å². The lowest BCUT2D eigenvalue weighted by Crippen LogP contribution is -2.13. The number of benzene rings is 1. The van der Waals surface area contributed by atoms with E-state index in [1.165, 1.54) is 0 Å². The molecule has 4 heteroatoms. The maximum Gasteiger partial charge on any atom is 0.215 e. The molecule has 0 aliphatic heterocycles. The minimum atomic E-state index is -0.522. The second kappa shape index (κ2) is 4.91. The van der Waals surface area contributed by atoms with Crippen LogP contribution >= 0.6 is 0 Å². The zero-order valence-corrected chi connectivity index (χ0v) is 8.09. The van der Waals surface area contributed by atoms with E-state index in [-0.39, 0.29) is 12.1 Å². The van der Waals surface area contributed by atoms with Crippen molar-refractivity contribution in [1.82, 2.24) is 0 Å². The number of hydrogen-bond donors (Lipinski definition) is 0. The molecule has 1 aromatic carbocycles. The second-order valence-electron chi connectivity index (χ2n) is 3.12. The quantitative estimate of drug-likeness (QED) is 0.426. The highest BCUT2D eigenvalue weighted by atomic mass is 16.6. The average molecular weight is 202 g/mol. The Morgan fingerprint density at radius 1 is 1.53 bits per heavy atom. The molecule has 0 fully saturated rings. The second-order valence-corrected chi connectivity index (χ2v) is 3.12. The Kier molecular flexibility index (Phi) is 3.58. The van der Waals surface area contributed by atoms with Crippen LogP contribution in [-0.2, 0) is 0 Å². The van der Waals surface area contributed by atoms with Gasteiger partial charge in [-0.1, -0.05) is 36.9 Å². The number of nitro groups is 1. The number of hydrogen-bond acceptors (Lipinski definition) is 3. The molecule has 0 saturated heterocycles. The van der Waals surface area contributed by atoms with Gasteiger partial charge in [-0.05, 0) is 5.56 Å². The van der Waals surface area contributed by atoms with Crippen molar-refractivity contribution in [2.24, 2.45) is 0 Å². The number of nitrogens with zero attached hydrogens (tertiary/aromatic N) is 2. The first-order valence-corrected chi connectivity index (χ1v) is 4.40. The maximum absolute atomic E-state index is 10.5. The Balaban J connectivity index is 2.97. The van der Waals surface area contributed by atoms with Crippen LogP contribution in [0.25, 0.3) is 0 Å². The fourth-order valence-corrected chi connectivity index (χ4v) is 1.33. The summed E-state index contributed by atoms with van der Waals surface area (Å²) in [6.07, 6.45) is 0. The van der Waals surface area contributed by atoms with E-state index in [2.05, 4.69) is 6.58 Å². The summed E-state index contributed by atoms with van der Waals surface area (Å²) in [6.45, 7) is 3.24. The lowest BCUT2D eigenvalue weighted by Gasteiger charge is -2.10. The molecule has 4 nitrogen and oxygen atoms in total. The molecule has 0 amide bonds. The predicted octanol–water partition coefficient (Wildman–Crippen LogP) is 2.13. The van der Waals surface area contributed by atoms with Crippen molar-refractivity contribution >= 4 is 0 Å². The third kappa shape index (κ3) is 2.92. The fourth-order valence-electron chi connectivity index (χ4n) is 1.33. The monoisotopic (exact) mass is 202 g/mol. The molecule has 0 aromatic heterocycles. The standard InChI is InChI=1S/C11H10N2O2/c1-9(7-12)11(8-13(14)15)10-5-3-2-4-6-10/h2-6,11H,1,8H2. The molecule has 1 unspecified atom stereocenters. The highest BCUT2D eigenvalue weighted by Crippen LogP contribution is 2.22. The maximum atomic E-state index is 10.5. The van der Waals surface area contributed by atoms with Gasteiger partial charge in [0.2, 0.25) is 6.54 Å². The van der Waals surface area contributed by atoms with E-state index in [0.29, 0.717) is 0 Å². The lowest BCUT2D eigenvalue weighted by molar-refractivity contribution is -0.481. The van der Waals surface area contributed by atoms with Gasteiger partial charge in [-0.2, -0.15) is 5.26 Å². The topological polar surface area (TPSA) is 66.9 Å². The van der Waals surface area contributed by atoms with Crippen molar-refractivity contribution in [3.05, 3.63) is 58.2 Å². The van der Waals surface area contributed by atoms with E-state index >= 15 is 0 Å². The zero-order valence-electron chi connectivity index (χ0n) is 8.09. The van der Waals surface area contributed by atoms with Gasteiger partial charge in [0.15, 0.2) is 0 Å². The SMILES string of the molecule is C=C(C#N)C(C[N+](=O)[O-])c1ccccc1. The van der Waals surface area contributed by atoms with Crippen molar-refractivity contribution in [2.45, 2.75) is 5.92 Å². The van der Waals surface area contributed by atoms with Crippen LogP contribution in [0.2, 0.25) is 0 Å². The first-order chi connectivity index (χ1) is 7.15. The molecule has 0 aliphatic rings. The van der Waals surface area contributed by atoms with E-state index in [9.17, 15) is 10.1 Å². The first kappa shape index (κ1) is 10.9. The summed E-state index contributed by atoms with van der Waals surface area (Å²) in [5, 5.41) is 19.2. The molecule has 0 N–H and O–H groups in total. The smallest absolute Gasteiger partial charge is 0.215 e. The van der Waals surface area contributed by atoms with Gasteiger partial charge < -0.3 is 0 Å². The molecule has 1 aromatic rings. The van der Waals surface area contributed by atoms with Gasteiger partial charge in [-0.15, -0.1) is 0 Å². The molecule has 0 heterocycles. The van der Waals surface area contributed by atoms with E-state index in [1.807, 2.05) is 12.1 Å². The highest BCUT2D eigenvalue weighted by molar-refractivity contribution is 5.34. The summed E-state index contributed by atoms with van der Waals surface area (Å²) < 4.78 is 0. The summed E-state index contributed by atoms with van der Waals surface area (Å²) in [7, 11) is 0. The molecule has 1 atom stereocenters. The van der Waals surface area contributed by atoms with Crippen LogP contribution in [0.5, 0.6) is 0 Å². The number of nitriles is 1. The van der Waals surface area contributed by atoms with Crippen LogP contribution in [0.3, 0.4) is 0 Å². The third-order valence-electron chi connectivity index (χ3n) is 2.10. The summed E-state index contributed by atoms with van der Waals surface area (Å²) >= 11 is 0. The van der Waals surface area contributed by atoms with Gasteiger partial charge in [0.25, 0.3) is 0 Å². The third-order valence-corrected chi connectivity index (χ3v) is 2.10. The molecule has 0 aliphatic carbocycles. The molecule has 15 heavy (non-hydrogen) atoms. The highest BCUT2D eigenvalue weighted by Gasteiger charge is 2.20. The molecular weight excluding hydrogens is 192 g/mol. The summed E-state index contributed by atoms with van der Waals surface area (Å²) in [4.78, 5) is 10.0. The minimum absolute atomic E-state index is 0.220. The minimum Gasteiger partial charge on any atom is -0.265 e. The normalized spacial score (nSPS) is 11.4. The van der Waals surface area contributed by atoms with E-state index in [4.69, 9.17) is 5.26 Å². The van der Waals surface area contributed by atoms with Crippen LogP contribution in [0.1, 0.15) is 11.5 Å². The Morgan fingerprint density at radius 2 is 2.13 bits per heavy atom. The van der Waals surface area contributed by atoms with Crippen molar-refractivity contribution in [1.29, 1.82) is 5.26 Å². The molecular formula is C11H10N2O2. The van der Waals surface area contributed by atoms with Gasteiger partial charge in [0.1, 0.15) is 0 Å². The first-order valence-electron chi connectivity index (χ1n) is 4.40. The van der Waals surface area contributed by atoms with E-state index in [1.54, 1.807) is 24.3 Å². The van der Waals surface area contributed by atoms with Crippen LogP contribution in [0.15, 0.2) is 42.5 Å². The largest absolute Gasteiger partial charge is 0.265 e. The van der Waals surface area contributed by atoms with Gasteiger partial charge in [-0.25, -0.2) is 0 Å². The van der Waals surface area contributed by atoms with E-state index in [0.717, 1.165) is 5.56 Å². The van der Waals surface area contributed by atoms with Gasteiger partial charge in [-0.3, -0.25) is 10.1 Å². The van der Waals surface area contributed by atoms with Gasteiger partial charge >= 0.3 is 0 Å². The lowest BCUT2D eigenvalue weighted by atomic mass is 9.93. The van der Waals surface area contributed by atoms with Crippen LogP contribution in [-0.4, -0.2) is 11.5 Å². The van der Waals surface area contributed by atoms with E-state index < -0.39 is 10.8 Å². The summed E-state index contributed by atoms with van der Waals surface area (Å²) in [5.74, 6) is -0.522. The van der Waals surface area contributed by atoms with Crippen molar-refractivity contribution in [3.8, 4) is 6.07 Å². The predicted molar refractivity (Wildman–Crippen MR) is 55.8 cm³/mol. The Hall–Kier alpha value is -2.15. The zero-order chi connectivity index (χ0) is 11.3. The average Bonchev–Trinajstić information content (AvgIpc) is 2.26. The number of rotatable bonds is 4.